The van der Waals surface area contributed by atoms with Gasteiger partial charge >= 0.3 is 0 Å². The van der Waals surface area contributed by atoms with E-state index in [2.05, 4.69) is 28.4 Å². The van der Waals surface area contributed by atoms with E-state index in [-0.39, 0.29) is 0 Å². The number of aromatic nitrogens is 1. The topological polar surface area (TPSA) is 54.2 Å². The van der Waals surface area contributed by atoms with E-state index in [0.29, 0.717) is 5.82 Å². The van der Waals surface area contributed by atoms with E-state index in [1.54, 1.807) is 11.8 Å². The van der Waals surface area contributed by atoms with E-state index in [1.165, 1.54) is 11.5 Å². The number of anilines is 2. The largest absolute Gasteiger partial charge is 0.382 e. The van der Waals surface area contributed by atoms with Crippen molar-refractivity contribution in [2.75, 3.05) is 43.5 Å². The van der Waals surface area contributed by atoms with Crippen LogP contribution >= 0.6 is 23.3 Å². The van der Waals surface area contributed by atoms with Gasteiger partial charge in [0, 0.05) is 6.54 Å². The first-order valence-electron chi connectivity index (χ1n) is 5.98. The fraction of sp³-hybridized carbons (Fsp3) is 0.727. The lowest BCUT2D eigenvalue weighted by Crippen LogP contribution is -2.25. The van der Waals surface area contributed by atoms with Gasteiger partial charge in [0.05, 0.1) is 4.90 Å². The molecule has 0 saturated heterocycles. The second-order valence-corrected chi connectivity index (χ2v) is 5.33. The number of hydrogen-bond acceptors (Lipinski definition) is 6. The van der Waals surface area contributed by atoms with Gasteiger partial charge in [-0.2, -0.15) is 4.37 Å². The predicted molar refractivity (Wildman–Crippen MR) is 79.2 cm³/mol. The molecule has 0 atom stereocenters. The first-order chi connectivity index (χ1) is 8.22. The highest BCUT2D eigenvalue weighted by molar-refractivity contribution is 7.99. The molecule has 0 saturated carbocycles. The van der Waals surface area contributed by atoms with Crippen molar-refractivity contribution in [1.29, 1.82) is 0 Å². The van der Waals surface area contributed by atoms with Crippen LogP contribution in [0.2, 0.25) is 0 Å². The van der Waals surface area contributed by atoms with E-state index in [1.807, 2.05) is 6.26 Å². The quantitative estimate of drug-likeness (QED) is 0.564. The molecule has 3 N–H and O–H groups in total. The van der Waals surface area contributed by atoms with E-state index in [4.69, 9.17) is 5.73 Å². The van der Waals surface area contributed by atoms with E-state index in [9.17, 15) is 0 Å². The highest BCUT2D eigenvalue weighted by Gasteiger charge is 2.09. The maximum absolute atomic E-state index is 5.78. The minimum Gasteiger partial charge on any atom is -0.382 e. The number of rotatable bonds is 8. The Balaban J connectivity index is 2.31. The molecule has 0 aliphatic carbocycles. The Bertz CT molecular complexity index is 323. The molecule has 98 valence electrons. The van der Waals surface area contributed by atoms with Gasteiger partial charge in [-0.05, 0) is 43.8 Å². The van der Waals surface area contributed by atoms with Crippen molar-refractivity contribution in [3.63, 3.8) is 0 Å². The molecule has 17 heavy (non-hydrogen) atoms. The maximum atomic E-state index is 5.78. The van der Waals surface area contributed by atoms with E-state index in [0.717, 1.165) is 42.5 Å². The number of thioether (sulfide) groups is 1. The Kier molecular flexibility index (Phi) is 6.69. The molecular formula is C11H22N4S2. The third kappa shape index (κ3) is 4.37. The zero-order valence-corrected chi connectivity index (χ0v) is 12.5. The summed E-state index contributed by atoms with van der Waals surface area (Å²) in [4.78, 5) is 3.51. The van der Waals surface area contributed by atoms with Gasteiger partial charge in [0.1, 0.15) is 5.00 Å². The second-order valence-electron chi connectivity index (χ2n) is 3.74. The van der Waals surface area contributed by atoms with Crippen molar-refractivity contribution in [2.24, 2.45) is 0 Å². The first kappa shape index (κ1) is 14.6. The summed E-state index contributed by atoms with van der Waals surface area (Å²) >= 11 is 3.10. The van der Waals surface area contributed by atoms with Gasteiger partial charge in [-0.1, -0.05) is 13.8 Å². The molecule has 6 heteroatoms. The van der Waals surface area contributed by atoms with Gasteiger partial charge in [0.15, 0.2) is 5.82 Å². The average Bonchev–Trinajstić information content (AvgIpc) is 2.70. The lowest BCUT2D eigenvalue weighted by atomic mass is 10.3. The second kappa shape index (κ2) is 7.79. The maximum Gasteiger partial charge on any atom is 0.153 e. The highest BCUT2D eigenvalue weighted by atomic mass is 32.2. The lowest BCUT2D eigenvalue weighted by molar-refractivity contribution is 0.303. The Labute approximate surface area is 112 Å². The van der Waals surface area contributed by atoms with Crippen LogP contribution in [0.25, 0.3) is 0 Å². The molecule has 1 heterocycles. The summed E-state index contributed by atoms with van der Waals surface area (Å²) in [5.74, 6) is 0.647. The lowest BCUT2D eigenvalue weighted by Gasteiger charge is -2.17. The predicted octanol–water partition coefficient (Wildman–Crippen LogP) is 2.59. The molecule has 0 amide bonds. The molecule has 0 aliphatic rings. The van der Waals surface area contributed by atoms with Gasteiger partial charge in [0.25, 0.3) is 0 Å². The van der Waals surface area contributed by atoms with Crippen LogP contribution in [0.4, 0.5) is 10.8 Å². The molecule has 0 bridgehead atoms. The number of nitrogens with two attached hydrogens (primary N) is 1. The Hall–Kier alpha value is -0.460. The van der Waals surface area contributed by atoms with Crippen LogP contribution in [0.1, 0.15) is 20.3 Å². The van der Waals surface area contributed by atoms with Crippen LogP contribution in [0.15, 0.2) is 4.90 Å². The Morgan fingerprint density at radius 2 is 2.12 bits per heavy atom. The molecule has 0 fully saturated rings. The molecule has 1 rings (SSSR count). The van der Waals surface area contributed by atoms with Crippen LogP contribution < -0.4 is 11.1 Å². The number of nitrogens with zero attached hydrogens (tertiary/aromatic N) is 2. The van der Waals surface area contributed by atoms with Gasteiger partial charge in [-0.3, -0.25) is 0 Å². The van der Waals surface area contributed by atoms with Crippen LogP contribution in [0.5, 0.6) is 0 Å². The molecule has 4 nitrogen and oxygen atoms in total. The van der Waals surface area contributed by atoms with Crippen molar-refractivity contribution in [2.45, 2.75) is 25.2 Å². The van der Waals surface area contributed by atoms with Crippen LogP contribution in [-0.4, -0.2) is 41.7 Å². The summed E-state index contributed by atoms with van der Waals surface area (Å²) in [6.45, 7) is 8.77. The summed E-state index contributed by atoms with van der Waals surface area (Å²) in [6, 6.07) is 0. The molecule has 1 aromatic rings. The SMILES string of the molecule is CCN(CC)CCCNc1snc(N)c1SC. The standard InChI is InChI=1S/C11H22N4S2/c1-4-15(5-2)8-6-7-13-11-9(16-3)10(12)14-17-11/h13H,4-8H2,1-3H3,(H2,12,14). The summed E-state index contributed by atoms with van der Waals surface area (Å²) in [5.41, 5.74) is 5.78. The monoisotopic (exact) mass is 274 g/mol. The molecule has 0 aromatic carbocycles. The third-order valence-corrected chi connectivity index (χ3v) is 4.48. The van der Waals surface area contributed by atoms with Gasteiger partial charge < -0.3 is 16.0 Å². The smallest absolute Gasteiger partial charge is 0.153 e. The van der Waals surface area contributed by atoms with Crippen LogP contribution in [-0.2, 0) is 0 Å². The van der Waals surface area contributed by atoms with Crippen LogP contribution in [0.3, 0.4) is 0 Å². The van der Waals surface area contributed by atoms with Crippen molar-refractivity contribution in [3.05, 3.63) is 0 Å². The highest BCUT2D eigenvalue weighted by Crippen LogP contribution is 2.34. The average molecular weight is 274 g/mol. The van der Waals surface area contributed by atoms with Crippen molar-refractivity contribution in [3.8, 4) is 0 Å². The normalized spacial score (nSPS) is 11.1. The first-order valence-corrected chi connectivity index (χ1v) is 7.98. The van der Waals surface area contributed by atoms with Crippen molar-refractivity contribution < 1.29 is 0 Å². The fourth-order valence-electron chi connectivity index (χ4n) is 1.65. The molecule has 0 aliphatic heterocycles. The minimum absolute atomic E-state index is 0.647. The third-order valence-electron chi connectivity index (χ3n) is 2.71. The minimum atomic E-state index is 0.647. The summed E-state index contributed by atoms with van der Waals surface area (Å²) in [7, 11) is 0. The molecule has 0 radical (unpaired) electrons. The number of hydrogen-bond donors (Lipinski definition) is 2. The molecule has 0 unspecified atom stereocenters. The zero-order chi connectivity index (χ0) is 12.7. The molecule has 1 aromatic heterocycles. The number of nitrogen functional groups attached to an aromatic ring is 1. The van der Waals surface area contributed by atoms with Gasteiger partial charge in [-0.15, -0.1) is 11.8 Å². The Morgan fingerprint density at radius 1 is 1.41 bits per heavy atom. The van der Waals surface area contributed by atoms with Gasteiger partial charge in [0.2, 0.25) is 0 Å². The Morgan fingerprint density at radius 3 is 2.71 bits per heavy atom. The molecule has 0 spiro atoms. The zero-order valence-electron chi connectivity index (χ0n) is 10.8. The summed E-state index contributed by atoms with van der Waals surface area (Å²) < 4.78 is 4.16. The molecular weight excluding hydrogens is 252 g/mol. The van der Waals surface area contributed by atoms with Gasteiger partial charge in [-0.25, -0.2) is 0 Å². The van der Waals surface area contributed by atoms with Crippen molar-refractivity contribution in [1.82, 2.24) is 9.27 Å². The van der Waals surface area contributed by atoms with E-state index < -0.39 is 0 Å². The van der Waals surface area contributed by atoms with Crippen molar-refractivity contribution >= 4 is 34.1 Å². The van der Waals surface area contributed by atoms with Crippen LogP contribution in [0, 0.1) is 0 Å². The summed E-state index contributed by atoms with van der Waals surface area (Å²) in [5, 5.41) is 4.52. The van der Waals surface area contributed by atoms with E-state index >= 15 is 0 Å². The summed E-state index contributed by atoms with van der Waals surface area (Å²) in [6.07, 6.45) is 3.18. The fourth-order valence-corrected chi connectivity index (χ4v) is 3.22. The number of nitrogens with one attached hydrogen (secondary N) is 1.